The maximum atomic E-state index is 13.0. The number of anilines is 2. The molecule has 4 heterocycles. The number of β-lactam (4-membered cyclic amide) rings is 1. The zero-order valence-corrected chi connectivity index (χ0v) is 21.9. The number of carbonyl (C=O) groups excluding carboxylic acids is 3. The van der Waals surface area contributed by atoms with Crippen molar-refractivity contribution in [2.75, 3.05) is 23.8 Å². The molecule has 1 aromatic heterocycles. The van der Waals surface area contributed by atoms with E-state index in [0.717, 1.165) is 21.8 Å². The molecule has 16 heteroatoms. The van der Waals surface area contributed by atoms with Crippen LogP contribution >= 0.6 is 23.1 Å². The topological polar surface area (TPSA) is 205 Å². The number of aliphatic carboxylic acids is 1. The molecule has 40 heavy (non-hydrogen) atoms. The molecule has 0 bridgehead atoms. The molecule has 13 nitrogen and oxygen atoms in total. The number of amides is 3. The Labute approximate surface area is 258 Å². The summed E-state index contributed by atoms with van der Waals surface area (Å²) >= 11 is 2.30. The number of carboxylic acid groups (broad SMARTS) is 1. The standard InChI is InChI=1S/C24H23N7O6S2.Na.H/c25-14-3-1-11(2-4-14)8-30-6-5-12(20(30)33)7-13-9-38-22-17(21(34)31(22)18(13)23(35)36)28-19(32)16(29-37)15-10-39-24(26)27-15;;/h1-4,7,10,17,22,37H,5-6,8-9,25H2,(H2,26,27)(H,28,32)(H,35,36);;/b12-7?,29-16-;;/t17-,22-;;/m1../s1. The first-order chi connectivity index (χ1) is 18.7. The van der Waals surface area contributed by atoms with Gasteiger partial charge in [-0.05, 0) is 35.8 Å². The van der Waals surface area contributed by atoms with Gasteiger partial charge < -0.3 is 32.0 Å². The summed E-state index contributed by atoms with van der Waals surface area (Å²) in [6, 6.07) is 6.18. The average molecular weight is 594 g/mol. The number of hydrogen-bond donors (Lipinski definition) is 5. The van der Waals surface area contributed by atoms with Crippen molar-refractivity contribution in [3.63, 3.8) is 0 Å². The van der Waals surface area contributed by atoms with Crippen LogP contribution in [0.5, 0.6) is 0 Å². The fourth-order valence-electron chi connectivity index (χ4n) is 4.58. The van der Waals surface area contributed by atoms with Crippen molar-refractivity contribution in [1.82, 2.24) is 20.1 Å². The Morgan fingerprint density at radius 1 is 1.23 bits per heavy atom. The van der Waals surface area contributed by atoms with Gasteiger partial charge in [-0.3, -0.25) is 19.3 Å². The number of carboxylic acids is 1. The van der Waals surface area contributed by atoms with Gasteiger partial charge in [-0.25, -0.2) is 9.78 Å². The molecule has 204 valence electrons. The van der Waals surface area contributed by atoms with Gasteiger partial charge in [0.15, 0.2) is 10.8 Å². The zero-order chi connectivity index (χ0) is 27.8. The number of rotatable bonds is 7. The molecule has 3 amide bonds. The van der Waals surface area contributed by atoms with E-state index in [-0.39, 0.29) is 57.7 Å². The van der Waals surface area contributed by atoms with Crippen molar-refractivity contribution >= 4 is 92.9 Å². The number of allylic oxidation sites excluding steroid dienone is 1. The molecular formula is C24H24N7NaO6S2. The Bertz CT molecular complexity index is 1470. The van der Waals surface area contributed by atoms with Gasteiger partial charge >= 0.3 is 35.5 Å². The molecule has 3 aliphatic rings. The summed E-state index contributed by atoms with van der Waals surface area (Å²) in [6.45, 7) is 0.882. The van der Waals surface area contributed by atoms with Crippen LogP contribution in [0.1, 0.15) is 17.7 Å². The number of hydrogen-bond acceptors (Lipinski definition) is 11. The molecule has 7 N–H and O–H groups in total. The molecule has 5 rings (SSSR count). The first-order valence-corrected chi connectivity index (χ1v) is 13.6. The Morgan fingerprint density at radius 3 is 2.58 bits per heavy atom. The van der Waals surface area contributed by atoms with Crippen molar-refractivity contribution in [3.8, 4) is 0 Å². The Hall–Kier alpha value is -3.37. The zero-order valence-electron chi connectivity index (χ0n) is 20.2. The maximum absolute atomic E-state index is 13.0. The quantitative estimate of drug-likeness (QED) is 0.0550. The minimum absolute atomic E-state index is 0. The summed E-state index contributed by atoms with van der Waals surface area (Å²) in [6.07, 6.45) is 2.00. The number of nitrogens with two attached hydrogens (primary N) is 2. The van der Waals surface area contributed by atoms with E-state index in [4.69, 9.17) is 11.5 Å². The summed E-state index contributed by atoms with van der Waals surface area (Å²) in [4.78, 5) is 57.6. The number of nitrogens with one attached hydrogen (secondary N) is 1. The second-order valence-corrected chi connectivity index (χ2v) is 10.9. The molecule has 1 aromatic carbocycles. The SMILES string of the molecule is Nc1ccc(CN2CCC(=CC3=C(C(=O)O)N4C(=O)[C@@H](NC(=O)/C(=N\O)c5csc(N)n5)[C@H]4SC3)C2=O)cc1.[NaH]. The molecule has 0 radical (unpaired) electrons. The molecule has 0 unspecified atom stereocenters. The number of aromatic nitrogens is 1. The van der Waals surface area contributed by atoms with Gasteiger partial charge in [0.1, 0.15) is 22.8 Å². The summed E-state index contributed by atoms with van der Waals surface area (Å²) in [5, 5.41) is 25.6. The molecular weight excluding hydrogens is 569 g/mol. The van der Waals surface area contributed by atoms with Crippen LogP contribution < -0.4 is 16.8 Å². The van der Waals surface area contributed by atoms with E-state index in [1.165, 1.54) is 17.1 Å². The van der Waals surface area contributed by atoms with Gasteiger partial charge in [0.25, 0.3) is 11.8 Å². The average Bonchev–Trinajstić information content (AvgIpc) is 3.49. The van der Waals surface area contributed by atoms with Crippen molar-refractivity contribution in [1.29, 1.82) is 0 Å². The van der Waals surface area contributed by atoms with Crippen molar-refractivity contribution in [3.05, 3.63) is 63.8 Å². The molecule has 0 saturated carbocycles. The summed E-state index contributed by atoms with van der Waals surface area (Å²) in [5.74, 6) is -2.79. The monoisotopic (exact) mass is 593 g/mol. The van der Waals surface area contributed by atoms with Gasteiger partial charge in [0, 0.05) is 35.5 Å². The van der Waals surface area contributed by atoms with Crippen LogP contribution in [0, 0.1) is 0 Å². The number of nitrogen functional groups attached to an aromatic ring is 2. The number of thioether (sulfide) groups is 1. The number of oxime groups is 1. The third kappa shape index (κ3) is 5.60. The number of carbonyl (C=O) groups is 4. The van der Waals surface area contributed by atoms with E-state index in [1.54, 1.807) is 23.1 Å². The summed E-state index contributed by atoms with van der Waals surface area (Å²) in [7, 11) is 0. The van der Waals surface area contributed by atoms with Gasteiger partial charge in [-0.15, -0.1) is 23.1 Å². The van der Waals surface area contributed by atoms with Crippen molar-refractivity contribution in [2.24, 2.45) is 5.16 Å². The number of nitrogens with zero attached hydrogens (tertiary/aromatic N) is 4. The summed E-state index contributed by atoms with van der Waals surface area (Å²) < 4.78 is 0. The predicted molar refractivity (Wildman–Crippen MR) is 151 cm³/mol. The van der Waals surface area contributed by atoms with Crippen molar-refractivity contribution in [2.45, 2.75) is 24.4 Å². The molecule has 2 atom stereocenters. The van der Waals surface area contributed by atoms with Gasteiger partial charge in [-0.1, -0.05) is 17.3 Å². The van der Waals surface area contributed by atoms with E-state index in [9.17, 15) is 29.5 Å². The Morgan fingerprint density at radius 2 is 1.95 bits per heavy atom. The van der Waals surface area contributed by atoms with Crippen LogP contribution in [-0.2, 0) is 25.7 Å². The fourth-order valence-corrected chi connectivity index (χ4v) is 6.43. The first kappa shape index (κ1) is 29.6. The van der Waals surface area contributed by atoms with Crippen LogP contribution in [0.2, 0.25) is 0 Å². The molecule has 3 aliphatic heterocycles. The van der Waals surface area contributed by atoms with Gasteiger partial charge in [0.2, 0.25) is 5.91 Å². The number of likely N-dealkylation sites (tertiary alicyclic amines) is 1. The molecule has 0 spiro atoms. The Kier molecular flexibility index (Phi) is 8.90. The minimum atomic E-state index is -1.31. The van der Waals surface area contributed by atoms with Gasteiger partial charge in [-0.2, -0.15) is 0 Å². The van der Waals surface area contributed by atoms with Crippen LogP contribution in [0.25, 0.3) is 0 Å². The van der Waals surface area contributed by atoms with E-state index in [0.29, 0.717) is 36.3 Å². The number of thiazole rings is 1. The third-order valence-electron chi connectivity index (χ3n) is 6.48. The van der Waals surface area contributed by atoms with Crippen LogP contribution in [0.4, 0.5) is 10.8 Å². The second kappa shape index (κ2) is 12.0. The molecule has 2 fully saturated rings. The van der Waals surface area contributed by atoms with E-state index >= 15 is 0 Å². The van der Waals surface area contributed by atoms with E-state index < -0.39 is 34.9 Å². The fraction of sp³-hybridized carbons (Fsp3) is 0.250. The van der Waals surface area contributed by atoms with Crippen LogP contribution in [0.3, 0.4) is 0 Å². The molecule has 2 saturated heterocycles. The summed E-state index contributed by atoms with van der Waals surface area (Å²) in [5.41, 5.74) is 13.0. The third-order valence-corrected chi connectivity index (χ3v) is 8.46. The van der Waals surface area contributed by atoms with Crippen LogP contribution in [0.15, 0.2) is 57.7 Å². The van der Waals surface area contributed by atoms with E-state index in [1.807, 2.05) is 12.1 Å². The molecule has 2 aromatic rings. The van der Waals surface area contributed by atoms with E-state index in [2.05, 4.69) is 15.5 Å². The number of fused-ring (bicyclic) bond motifs is 1. The Balaban J connectivity index is 0.00000370. The van der Waals surface area contributed by atoms with Crippen molar-refractivity contribution < 1.29 is 29.5 Å². The molecule has 0 aliphatic carbocycles. The van der Waals surface area contributed by atoms with Gasteiger partial charge in [0.05, 0.1) is 0 Å². The second-order valence-electron chi connectivity index (χ2n) is 8.95. The van der Waals surface area contributed by atoms with Crippen LogP contribution in [-0.4, -0.2) is 108 Å². The first-order valence-electron chi connectivity index (χ1n) is 11.7. The number of benzene rings is 1. The predicted octanol–water partition coefficient (Wildman–Crippen LogP) is -0.0652. The normalized spacial score (nSPS) is 21.7.